The van der Waals surface area contributed by atoms with Crippen LogP contribution in [0, 0.1) is 5.92 Å². The summed E-state index contributed by atoms with van der Waals surface area (Å²) in [6, 6.07) is 0.656. The number of nitrogens with one attached hydrogen (secondary N) is 1. The first kappa shape index (κ1) is 14.3. The van der Waals surface area contributed by atoms with Crippen LogP contribution in [0.15, 0.2) is 0 Å². The van der Waals surface area contributed by atoms with Crippen LogP contribution in [0.4, 0.5) is 0 Å². The van der Waals surface area contributed by atoms with Gasteiger partial charge in [-0.1, -0.05) is 32.6 Å². The van der Waals surface area contributed by atoms with Gasteiger partial charge in [-0.15, -0.1) is 0 Å². The van der Waals surface area contributed by atoms with E-state index in [0.29, 0.717) is 6.04 Å². The van der Waals surface area contributed by atoms with Gasteiger partial charge in [-0.25, -0.2) is 0 Å². The van der Waals surface area contributed by atoms with Crippen LogP contribution >= 0.6 is 0 Å². The molecular formula is C15H30N2O. The average molecular weight is 254 g/mol. The van der Waals surface area contributed by atoms with Crippen molar-refractivity contribution in [2.45, 2.75) is 64.0 Å². The first-order valence-electron chi connectivity index (χ1n) is 7.92. The fraction of sp³-hybridized carbons (Fsp3) is 1.00. The largest absolute Gasteiger partial charge is 0.392 e. The van der Waals surface area contributed by atoms with Crippen molar-refractivity contribution in [3.8, 4) is 0 Å². The highest BCUT2D eigenvalue weighted by atomic mass is 16.3. The number of aliphatic hydroxyl groups is 1. The molecule has 0 amide bonds. The molecule has 0 aromatic rings. The summed E-state index contributed by atoms with van der Waals surface area (Å²) in [4.78, 5) is 2.51. The van der Waals surface area contributed by atoms with E-state index in [9.17, 15) is 5.11 Å². The van der Waals surface area contributed by atoms with Crippen molar-refractivity contribution in [2.75, 3.05) is 26.2 Å². The summed E-state index contributed by atoms with van der Waals surface area (Å²) in [5, 5.41) is 13.7. The first-order chi connectivity index (χ1) is 8.79. The summed E-state index contributed by atoms with van der Waals surface area (Å²) >= 11 is 0. The van der Waals surface area contributed by atoms with Crippen LogP contribution in [0.3, 0.4) is 0 Å². The maximum Gasteiger partial charge on any atom is 0.0669 e. The number of hydrogen-bond donors (Lipinski definition) is 2. The third-order valence-corrected chi connectivity index (χ3v) is 4.59. The van der Waals surface area contributed by atoms with Crippen LogP contribution in [0.2, 0.25) is 0 Å². The molecule has 2 rings (SSSR count). The lowest BCUT2D eigenvalue weighted by atomic mass is 9.99. The van der Waals surface area contributed by atoms with Crippen molar-refractivity contribution in [3.05, 3.63) is 0 Å². The zero-order chi connectivity index (χ0) is 12.8. The molecule has 0 bridgehead atoms. The molecule has 0 radical (unpaired) electrons. The molecule has 2 aliphatic rings. The molecule has 2 fully saturated rings. The normalized spacial score (nSPS) is 27.2. The Balaban J connectivity index is 1.75. The number of aliphatic hydroxyl groups excluding tert-OH is 1. The highest BCUT2D eigenvalue weighted by molar-refractivity contribution is 4.82. The minimum absolute atomic E-state index is 0.111. The third-order valence-electron chi connectivity index (χ3n) is 4.59. The topological polar surface area (TPSA) is 35.5 Å². The Labute approximate surface area is 112 Å². The molecule has 2 N–H and O–H groups in total. The minimum atomic E-state index is -0.111. The van der Waals surface area contributed by atoms with E-state index < -0.39 is 0 Å². The number of nitrogens with zero attached hydrogens (tertiary/aromatic N) is 1. The summed E-state index contributed by atoms with van der Waals surface area (Å²) in [6.07, 6.45) is 8.79. The highest BCUT2D eigenvalue weighted by Gasteiger charge is 2.25. The van der Waals surface area contributed by atoms with Crippen LogP contribution in [0.1, 0.15) is 51.9 Å². The Kier molecular flexibility index (Phi) is 5.93. The van der Waals surface area contributed by atoms with E-state index in [1.807, 2.05) is 0 Å². The van der Waals surface area contributed by atoms with Gasteiger partial charge in [-0.3, -0.25) is 4.90 Å². The summed E-state index contributed by atoms with van der Waals surface area (Å²) in [5.41, 5.74) is 0. The van der Waals surface area contributed by atoms with Gasteiger partial charge >= 0.3 is 0 Å². The van der Waals surface area contributed by atoms with Crippen LogP contribution in [-0.4, -0.2) is 48.3 Å². The molecule has 3 nitrogen and oxygen atoms in total. The second-order valence-electron chi connectivity index (χ2n) is 6.18. The van der Waals surface area contributed by atoms with Crippen molar-refractivity contribution >= 4 is 0 Å². The van der Waals surface area contributed by atoms with Crippen LogP contribution in [-0.2, 0) is 0 Å². The molecule has 106 valence electrons. The molecule has 2 atom stereocenters. The zero-order valence-corrected chi connectivity index (χ0v) is 11.9. The van der Waals surface area contributed by atoms with Crippen molar-refractivity contribution in [1.29, 1.82) is 0 Å². The van der Waals surface area contributed by atoms with Crippen molar-refractivity contribution in [1.82, 2.24) is 10.2 Å². The van der Waals surface area contributed by atoms with Crippen molar-refractivity contribution in [3.63, 3.8) is 0 Å². The first-order valence-corrected chi connectivity index (χ1v) is 7.92. The Morgan fingerprint density at radius 1 is 1.28 bits per heavy atom. The van der Waals surface area contributed by atoms with Gasteiger partial charge in [0.05, 0.1) is 6.10 Å². The minimum Gasteiger partial charge on any atom is -0.392 e. The molecule has 2 unspecified atom stereocenters. The molecule has 1 saturated carbocycles. The molecule has 1 aliphatic heterocycles. The molecule has 1 saturated heterocycles. The second kappa shape index (κ2) is 7.46. The summed E-state index contributed by atoms with van der Waals surface area (Å²) in [5.74, 6) is 0.796. The molecule has 3 heteroatoms. The van der Waals surface area contributed by atoms with Gasteiger partial charge in [0.2, 0.25) is 0 Å². The summed E-state index contributed by atoms with van der Waals surface area (Å²) in [6.45, 7) is 6.50. The van der Waals surface area contributed by atoms with E-state index in [1.54, 1.807) is 0 Å². The summed E-state index contributed by atoms with van der Waals surface area (Å²) in [7, 11) is 0. The predicted molar refractivity (Wildman–Crippen MR) is 75.7 cm³/mol. The Hall–Kier alpha value is -0.120. The SMILES string of the molecule is CCCN(CC(O)CC1CCCC1)C1CCNC1. The lowest BCUT2D eigenvalue weighted by molar-refractivity contribution is 0.0737. The molecule has 1 aliphatic carbocycles. The molecule has 0 aromatic heterocycles. The van der Waals surface area contributed by atoms with Crippen LogP contribution < -0.4 is 5.32 Å². The lowest BCUT2D eigenvalue weighted by Crippen LogP contribution is -2.42. The van der Waals surface area contributed by atoms with E-state index in [0.717, 1.165) is 38.5 Å². The predicted octanol–water partition coefficient (Wildman–Crippen LogP) is 2.00. The van der Waals surface area contributed by atoms with Gasteiger partial charge in [0.1, 0.15) is 0 Å². The van der Waals surface area contributed by atoms with E-state index in [4.69, 9.17) is 0 Å². The smallest absolute Gasteiger partial charge is 0.0669 e. The van der Waals surface area contributed by atoms with E-state index in [2.05, 4.69) is 17.1 Å². The van der Waals surface area contributed by atoms with Crippen molar-refractivity contribution < 1.29 is 5.11 Å². The van der Waals surface area contributed by atoms with E-state index in [1.165, 1.54) is 38.5 Å². The molecule has 0 aromatic carbocycles. The summed E-state index contributed by atoms with van der Waals surface area (Å²) < 4.78 is 0. The van der Waals surface area contributed by atoms with Crippen LogP contribution in [0.5, 0.6) is 0 Å². The van der Waals surface area contributed by atoms with Crippen LogP contribution in [0.25, 0.3) is 0 Å². The maximum absolute atomic E-state index is 10.3. The highest BCUT2D eigenvalue weighted by Crippen LogP contribution is 2.28. The fourth-order valence-electron chi connectivity index (χ4n) is 3.64. The molecular weight excluding hydrogens is 224 g/mol. The molecule has 0 spiro atoms. The Morgan fingerprint density at radius 3 is 2.67 bits per heavy atom. The fourth-order valence-corrected chi connectivity index (χ4v) is 3.64. The van der Waals surface area contributed by atoms with Gasteiger partial charge in [-0.05, 0) is 38.3 Å². The van der Waals surface area contributed by atoms with Crippen molar-refractivity contribution in [2.24, 2.45) is 5.92 Å². The third kappa shape index (κ3) is 4.22. The second-order valence-corrected chi connectivity index (χ2v) is 6.18. The van der Waals surface area contributed by atoms with E-state index in [-0.39, 0.29) is 6.10 Å². The number of rotatable bonds is 7. The average Bonchev–Trinajstić information content (AvgIpc) is 3.00. The Bertz CT molecular complexity index is 223. The van der Waals surface area contributed by atoms with Gasteiger partial charge in [0.25, 0.3) is 0 Å². The molecule has 18 heavy (non-hydrogen) atoms. The zero-order valence-electron chi connectivity index (χ0n) is 11.9. The van der Waals surface area contributed by atoms with Gasteiger partial charge in [-0.2, -0.15) is 0 Å². The lowest BCUT2D eigenvalue weighted by Gasteiger charge is -2.30. The monoisotopic (exact) mass is 254 g/mol. The number of hydrogen-bond acceptors (Lipinski definition) is 3. The standard InChI is InChI=1S/C15H30N2O/c1-2-9-17(14-7-8-16-11-14)12-15(18)10-13-5-3-4-6-13/h13-16,18H,2-12H2,1H3. The maximum atomic E-state index is 10.3. The van der Waals surface area contributed by atoms with Gasteiger partial charge in [0.15, 0.2) is 0 Å². The van der Waals surface area contributed by atoms with Gasteiger partial charge in [0, 0.05) is 19.1 Å². The molecule has 1 heterocycles. The Morgan fingerprint density at radius 2 is 2.06 bits per heavy atom. The quantitative estimate of drug-likeness (QED) is 0.729. The van der Waals surface area contributed by atoms with E-state index >= 15 is 0 Å². The van der Waals surface area contributed by atoms with Gasteiger partial charge < -0.3 is 10.4 Å².